The summed E-state index contributed by atoms with van der Waals surface area (Å²) in [5.41, 5.74) is -0.714. The Labute approximate surface area is 101 Å². The fraction of sp³-hybridized carbons (Fsp3) is 0.100. The summed E-state index contributed by atoms with van der Waals surface area (Å²) in [5, 5.41) is -0.0980. The van der Waals surface area contributed by atoms with E-state index in [4.69, 9.17) is 0 Å². The van der Waals surface area contributed by atoms with Crippen molar-refractivity contribution in [2.75, 3.05) is 0 Å². The number of rotatable bonds is 1. The molecule has 2 nitrogen and oxygen atoms in total. The maximum Gasteiger partial charge on any atom is 0.454 e. The average molecular weight is 310 g/mol. The predicted molar refractivity (Wildman–Crippen MR) is 56.3 cm³/mol. The van der Waals surface area contributed by atoms with Crippen LogP contribution in [0.3, 0.4) is 0 Å². The van der Waals surface area contributed by atoms with Crippen LogP contribution in [0.15, 0.2) is 22.8 Å². The molecular weight excluding hydrogens is 306 g/mol. The van der Waals surface area contributed by atoms with Crippen LogP contribution in [0.5, 0.6) is 0 Å². The van der Waals surface area contributed by atoms with Crippen molar-refractivity contribution in [1.29, 1.82) is 0 Å². The smallest absolute Gasteiger partial charge is 0.358 e. The van der Waals surface area contributed by atoms with Gasteiger partial charge in [0, 0.05) is 16.1 Å². The van der Waals surface area contributed by atoms with E-state index in [1.165, 1.54) is 6.07 Å². The number of halogens is 5. The second kappa shape index (κ2) is 3.83. The minimum absolute atomic E-state index is 0.0980. The highest BCUT2D eigenvalue weighted by Gasteiger charge is 2.40. The molecule has 0 atom stereocenters. The quantitative estimate of drug-likeness (QED) is 0.630. The highest BCUT2D eigenvalue weighted by atomic mass is 79.9. The van der Waals surface area contributed by atoms with Crippen LogP contribution in [0.4, 0.5) is 17.6 Å². The lowest BCUT2D eigenvalue weighted by atomic mass is 10.1. The Morgan fingerprint density at radius 3 is 2.53 bits per heavy atom. The molecule has 0 aliphatic rings. The molecule has 0 amide bonds. The average Bonchev–Trinajstić information content (AvgIpc) is 2.58. The SMILES string of the molecule is O=C(c1c[nH]c2c(F)cc(Br)cc12)C(F)(F)F. The summed E-state index contributed by atoms with van der Waals surface area (Å²) in [7, 11) is 0. The first-order chi connectivity index (χ1) is 7.80. The summed E-state index contributed by atoms with van der Waals surface area (Å²) in [4.78, 5) is 13.4. The molecule has 0 fully saturated rings. The Bertz CT molecular complexity index is 602. The fourth-order valence-electron chi connectivity index (χ4n) is 1.50. The molecule has 0 spiro atoms. The van der Waals surface area contributed by atoms with Crippen LogP contribution in [-0.2, 0) is 0 Å². The standard InChI is InChI=1S/C10H4BrF4NO/c11-4-1-5-6(9(17)10(13,14)15)3-16-8(5)7(12)2-4/h1-3,16H. The molecule has 0 radical (unpaired) electrons. The maximum atomic E-state index is 13.4. The zero-order chi connectivity index (χ0) is 12.8. The Kier molecular flexibility index (Phi) is 2.73. The largest absolute Gasteiger partial charge is 0.454 e. The van der Waals surface area contributed by atoms with Crippen LogP contribution >= 0.6 is 15.9 Å². The Morgan fingerprint density at radius 1 is 1.29 bits per heavy atom. The fourth-order valence-corrected chi connectivity index (χ4v) is 1.93. The monoisotopic (exact) mass is 309 g/mol. The second-order valence-electron chi connectivity index (χ2n) is 3.34. The molecule has 0 aliphatic carbocycles. The van der Waals surface area contributed by atoms with Crippen molar-refractivity contribution in [3.63, 3.8) is 0 Å². The lowest BCUT2D eigenvalue weighted by Gasteiger charge is -2.03. The van der Waals surface area contributed by atoms with Gasteiger partial charge in [0.2, 0.25) is 0 Å². The minimum Gasteiger partial charge on any atom is -0.358 e. The van der Waals surface area contributed by atoms with Crippen molar-refractivity contribution in [3.8, 4) is 0 Å². The van der Waals surface area contributed by atoms with Gasteiger partial charge in [-0.25, -0.2) is 4.39 Å². The number of hydrogen-bond acceptors (Lipinski definition) is 1. The van der Waals surface area contributed by atoms with Gasteiger partial charge in [0.25, 0.3) is 5.78 Å². The van der Waals surface area contributed by atoms with Crippen molar-refractivity contribution < 1.29 is 22.4 Å². The van der Waals surface area contributed by atoms with E-state index in [1.807, 2.05) is 0 Å². The highest BCUT2D eigenvalue weighted by molar-refractivity contribution is 9.10. The minimum atomic E-state index is -4.98. The van der Waals surface area contributed by atoms with E-state index >= 15 is 0 Å². The molecular formula is C10H4BrF4NO. The molecule has 0 unspecified atom stereocenters. The summed E-state index contributed by atoms with van der Waals surface area (Å²) in [6, 6.07) is 2.36. The van der Waals surface area contributed by atoms with Gasteiger partial charge < -0.3 is 4.98 Å². The van der Waals surface area contributed by atoms with E-state index in [0.717, 1.165) is 12.3 Å². The number of carbonyl (C=O) groups is 1. The molecule has 2 rings (SSSR count). The van der Waals surface area contributed by atoms with Crippen LogP contribution in [0, 0.1) is 5.82 Å². The van der Waals surface area contributed by atoms with Gasteiger partial charge in [-0.15, -0.1) is 0 Å². The van der Waals surface area contributed by atoms with Gasteiger partial charge in [0.1, 0.15) is 5.82 Å². The zero-order valence-corrected chi connectivity index (χ0v) is 9.62. The molecule has 90 valence electrons. The molecule has 0 saturated carbocycles. The third-order valence-corrected chi connectivity index (χ3v) is 2.67. The number of H-pyrrole nitrogens is 1. The lowest BCUT2D eigenvalue weighted by molar-refractivity contribution is -0.0884. The molecule has 0 bridgehead atoms. The van der Waals surface area contributed by atoms with Crippen LogP contribution in [0.25, 0.3) is 10.9 Å². The second-order valence-corrected chi connectivity index (χ2v) is 4.26. The number of aromatic amines is 1. The number of aromatic nitrogens is 1. The molecule has 0 aliphatic heterocycles. The van der Waals surface area contributed by atoms with E-state index in [2.05, 4.69) is 20.9 Å². The number of alkyl halides is 3. The van der Waals surface area contributed by atoms with Gasteiger partial charge in [-0.2, -0.15) is 13.2 Å². The zero-order valence-electron chi connectivity index (χ0n) is 8.03. The van der Waals surface area contributed by atoms with Gasteiger partial charge in [-0.1, -0.05) is 15.9 Å². The summed E-state index contributed by atoms with van der Waals surface area (Å²) in [6.07, 6.45) is -4.12. The third-order valence-electron chi connectivity index (χ3n) is 2.21. The first-order valence-corrected chi connectivity index (χ1v) is 5.17. The van der Waals surface area contributed by atoms with Crippen molar-refractivity contribution in [2.24, 2.45) is 0 Å². The van der Waals surface area contributed by atoms with E-state index in [-0.39, 0.29) is 15.4 Å². The summed E-state index contributed by atoms with van der Waals surface area (Å²) < 4.78 is 50.4. The van der Waals surface area contributed by atoms with Crippen LogP contribution < -0.4 is 0 Å². The molecule has 2 aromatic rings. The van der Waals surface area contributed by atoms with E-state index in [0.29, 0.717) is 0 Å². The molecule has 7 heteroatoms. The van der Waals surface area contributed by atoms with Gasteiger partial charge in [0.05, 0.1) is 11.1 Å². The van der Waals surface area contributed by atoms with Crippen molar-refractivity contribution in [2.45, 2.75) is 6.18 Å². The van der Waals surface area contributed by atoms with Crippen LogP contribution in [-0.4, -0.2) is 16.9 Å². The molecule has 1 heterocycles. The van der Waals surface area contributed by atoms with Gasteiger partial charge in [0.15, 0.2) is 0 Å². The summed E-state index contributed by atoms with van der Waals surface area (Å²) in [6.45, 7) is 0. The van der Waals surface area contributed by atoms with Gasteiger partial charge in [-0.05, 0) is 12.1 Å². The van der Waals surface area contributed by atoms with E-state index in [1.54, 1.807) is 0 Å². The first kappa shape index (κ1) is 12.1. The normalized spacial score (nSPS) is 12.1. The Morgan fingerprint density at radius 2 is 1.94 bits per heavy atom. The number of nitrogens with one attached hydrogen (secondary N) is 1. The van der Waals surface area contributed by atoms with Crippen molar-refractivity contribution in [1.82, 2.24) is 4.98 Å². The predicted octanol–water partition coefficient (Wildman–Crippen LogP) is 3.81. The van der Waals surface area contributed by atoms with E-state index < -0.39 is 23.3 Å². The Hall–Kier alpha value is -1.37. The number of carbonyl (C=O) groups excluding carboxylic acids is 1. The number of ketones is 1. The number of hydrogen-bond donors (Lipinski definition) is 1. The van der Waals surface area contributed by atoms with Crippen LogP contribution in [0.2, 0.25) is 0 Å². The lowest BCUT2D eigenvalue weighted by Crippen LogP contribution is -2.22. The van der Waals surface area contributed by atoms with Crippen molar-refractivity contribution >= 4 is 32.6 Å². The van der Waals surface area contributed by atoms with E-state index in [9.17, 15) is 22.4 Å². The molecule has 1 aromatic carbocycles. The third kappa shape index (κ3) is 2.06. The van der Waals surface area contributed by atoms with Gasteiger partial charge >= 0.3 is 6.18 Å². The molecule has 17 heavy (non-hydrogen) atoms. The summed E-state index contributed by atoms with van der Waals surface area (Å²) >= 11 is 2.96. The number of benzene rings is 1. The molecule has 1 N–H and O–H groups in total. The maximum absolute atomic E-state index is 13.4. The van der Waals surface area contributed by atoms with Gasteiger partial charge in [-0.3, -0.25) is 4.79 Å². The Balaban J connectivity index is 2.69. The number of fused-ring (bicyclic) bond motifs is 1. The first-order valence-electron chi connectivity index (χ1n) is 4.38. The summed E-state index contributed by atoms with van der Waals surface area (Å²) in [5.74, 6) is -2.73. The topological polar surface area (TPSA) is 32.9 Å². The highest BCUT2D eigenvalue weighted by Crippen LogP contribution is 2.30. The number of Topliss-reactive ketones (excluding diaryl/α,β-unsaturated/α-hetero) is 1. The molecule has 0 saturated heterocycles. The van der Waals surface area contributed by atoms with Crippen molar-refractivity contribution in [3.05, 3.63) is 34.2 Å². The van der Waals surface area contributed by atoms with Crippen LogP contribution in [0.1, 0.15) is 10.4 Å². The molecule has 1 aromatic heterocycles.